The molecule has 4 aromatic carbocycles. The zero-order valence-electron chi connectivity index (χ0n) is 15.7. The monoisotopic (exact) mass is 375 g/mol. The van der Waals surface area contributed by atoms with Crippen molar-refractivity contribution >= 4 is 10.9 Å². The molecule has 0 saturated heterocycles. The number of nitrogens with zero attached hydrogens (tertiary/aromatic N) is 1. The van der Waals surface area contributed by atoms with Crippen molar-refractivity contribution in [1.29, 1.82) is 0 Å². The zero-order chi connectivity index (χ0) is 19.6. The second-order valence-electron chi connectivity index (χ2n) is 7.08. The topological polar surface area (TPSA) is 12.9 Å². The number of pyridine rings is 1. The molecule has 2 heteroatoms. The van der Waals surface area contributed by atoms with Gasteiger partial charge in [0.2, 0.25) is 0 Å². The molecule has 0 amide bonds. The van der Waals surface area contributed by atoms with E-state index >= 15 is 0 Å². The molecule has 29 heavy (non-hydrogen) atoms. The fraction of sp³-hybridized carbons (Fsp3) is 0. The van der Waals surface area contributed by atoms with Crippen LogP contribution in [0.1, 0.15) is 0 Å². The molecule has 0 radical (unpaired) electrons. The summed E-state index contributed by atoms with van der Waals surface area (Å²) in [5, 5.41) is 1.14. The fourth-order valence-corrected chi connectivity index (χ4v) is 3.58. The van der Waals surface area contributed by atoms with Crippen molar-refractivity contribution in [2.45, 2.75) is 0 Å². The lowest BCUT2D eigenvalue weighted by Gasteiger charge is -2.07. The van der Waals surface area contributed by atoms with Crippen molar-refractivity contribution in [1.82, 2.24) is 4.98 Å². The first-order chi connectivity index (χ1) is 14.3. The minimum absolute atomic E-state index is 0.216. The summed E-state index contributed by atoms with van der Waals surface area (Å²) in [7, 11) is 0. The van der Waals surface area contributed by atoms with Crippen LogP contribution in [0.4, 0.5) is 4.39 Å². The van der Waals surface area contributed by atoms with Crippen LogP contribution in [-0.4, -0.2) is 4.98 Å². The Morgan fingerprint density at radius 2 is 0.931 bits per heavy atom. The molecule has 0 spiro atoms. The first-order valence-corrected chi connectivity index (χ1v) is 9.58. The minimum Gasteiger partial charge on any atom is -0.256 e. The Hall–Kier alpha value is -3.78. The third kappa shape index (κ3) is 3.53. The van der Waals surface area contributed by atoms with Crippen LogP contribution in [-0.2, 0) is 0 Å². The van der Waals surface area contributed by atoms with Crippen molar-refractivity contribution in [3.05, 3.63) is 115 Å². The molecular weight excluding hydrogens is 357 g/mol. The van der Waals surface area contributed by atoms with Crippen LogP contribution in [0.5, 0.6) is 0 Å². The van der Waals surface area contributed by atoms with Crippen LogP contribution >= 0.6 is 0 Å². The van der Waals surface area contributed by atoms with E-state index in [4.69, 9.17) is 0 Å². The molecule has 1 aromatic heterocycles. The summed E-state index contributed by atoms with van der Waals surface area (Å²) in [5.74, 6) is -0.216. The van der Waals surface area contributed by atoms with E-state index in [2.05, 4.69) is 65.6 Å². The summed E-state index contributed by atoms with van der Waals surface area (Å²) in [6.45, 7) is 0. The molecule has 1 nitrogen and oxygen atoms in total. The quantitative estimate of drug-likeness (QED) is 0.321. The molecule has 0 N–H and O–H groups in total. The van der Waals surface area contributed by atoms with E-state index in [9.17, 15) is 4.39 Å². The van der Waals surface area contributed by atoms with Crippen LogP contribution < -0.4 is 0 Å². The Kier molecular flexibility index (Phi) is 4.38. The number of fused-ring (bicyclic) bond motifs is 1. The van der Waals surface area contributed by atoms with Gasteiger partial charge in [-0.1, -0.05) is 78.9 Å². The molecule has 5 aromatic rings. The van der Waals surface area contributed by atoms with Crippen molar-refractivity contribution in [3.63, 3.8) is 0 Å². The number of halogens is 1. The van der Waals surface area contributed by atoms with Crippen LogP contribution in [0.15, 0.2) is 109 Å². The van der Waals surface area contributed by atoms with E-state index in [-0.39, 0.29) is 5.82 Å². The Morgan fingerprint density at radius 3 is 1.48 bits per heavy atom. The molecule has 0 aliphatic carbocycles. The molecule has 0 bridgehead atoms. The van der Waals surface area contributed by atoms with E-state index in [0.717, 1.165) is 44.3 Å². The Morgan fingerprint density at radius 1 is 0.483 bits per heavy atom. The summed E-state index contributed by atoms with van der Waals surface area (Å²) >= 11 is 0. The van der Waals surface area contributed by atoms with Gasteiger partial charge in [0, 0.05) is 17.1 Å². The molecule has 1 heterocycles. The highest BCUT2D eigenvalue weighted by atomic mass is 19.1. The lowest BCUT2D eigenvalue weighted by atomic mass is 9.98. The molecule has 0 fully saturated rings. The summed E-state index contributed by atoms with van der Waals surface area (Å²) in [4.78, 5) is 4.56. The van der Waals surface area contributed by atoms with Crippen LogP contribution in [0.3, 0.4) is 0 Å². The van der Waals surface area contributed by atoms with Gasteiger partial charge in [-0.25, -0.2) is 4.39 Å². The summed E-state index contributed by atoms with van der Waals surface area (Å²) < 4.78 is 13.1. The van der Waals surface area contributed by atoms with Gasteiger partial charge in [0.25, 0.3) is 0 Å². The number of para-hydroxylation sites is 1. The van der Waals surface area contributed by atoms with Crippen LogP contribution in [0.25, 0.3) is 44.3 Å². The number of aromatic nitrogens is 1. The highest BCUT2D eigenvalue weighted by Crippen LogP contribution is 2.28. The van der Waals surface area contributed by atoms with Crippen molar-refractivity contribution in [3.8, 4) is 33.4 Å². The van der Waals surface area contributed by atoms with Gasteiger partial charge < -0.3 is 0 Å². The molecular formula is C27H18FN. The predicted octanol–water partition coefficient (Wildman–Crippen LogP) is 7.37. The van der Waals surface area contributed by atoms with E-state index in [1.807, 2.05) is 24.4 Å². The maximum atomic E-state index is 13.1. The van der Waals surface area contributed by atoms with Gasteiger partial charge >= 0.3 is 0 Å². The number of benzene rings is 4. The number of hydrogen-bond acceptors (Lipinski definition) is 1. The zero-order valence-corrected chi connectivity index (χ0v) is 15.7. The maximum Gasteiger partial charge on any atom is 0.123 e. The van der Waals surface area contributed by atoms with Crippen molar-refractivity contribution in [2.24, 2.45) is 0 Å². The average molecular weight is 375 g/mol. The molecule has 138 valence electrons. The van der Waals surface area contributed by atoms with Gasteiger partial charge in [-0.05, 0) is 52.1 Å². The first-order valence-electron chi connectivity index (χ1n) is 9.58. The van der Waals surface area contributed by atoms with Crippen LogP contribution in [0.2, 0.25) is 0 Å². The Balaban J connectivity index is 1.41. The van der Waals surface area contributed by atoms with Gasteiger partial charge in [-0.2, -0.15) is 0 Å². The average Bonchev–Trinajstić information content (AvgIpc) is 2.79. The summed E-state index contributed by atoms with van der Waals surface area (Å²) in [6.07, 6.45) is 1.93. The largest absolute Gasteiger partial charge is 0.256 e. The summed E-state index contributed by atoms with van der Waals surface area (Å²) in [6, 6.07) is 33.8. The second kappa shape index (κ2) is 7.33. The molecule has 0 atom stereocenters. The lowest BCUT2D eigenvalue weighted by Crippen LogP contribution is -1.84. The van der Waals surface area contributed by atoms with E-state index in [0.29, 0.717) is 0 Å². The van der Waals surface area contributed by atoms with Crippen molar-refractivity contribution in [2.75, 3.05) is 0 Å². The Bertz CT molecular complexity index is 1270. The van der Waals surface area contributed by atoms with Gasteiger partial charge in [-0.3, -0.25) is 4.98 Å². The predicted molar refractivity (Wildman–Crippen MR) is 118 cm³/mol. The molecule has 0 aliphatic heterocycles. The van der Waals surface area contributed by atoms with Gasteiger partial charge in [0.15, 0.2) is 0 Å². The van der Waals surface area contributed by atoms with Crippen molar-refractivity contribution < 1.29 is 4.39 Å². The molecule has 5 rings (SSSR count). The molecule has 0 aliphatic rings. The second-order valence-corrected chi connectivity index (χ2v) is 7.08. The molecule has 0 unspecified atom stereocenters. The smallest absolute Gasteiger partial charge is 0.123 e. The number of hydrogen-bond donors (Lipinski definition) is 0. The number of rotatable bonds is 3. The minimum atomic E-state index is -0.216. The highest BCUT2D eigenvalue weighted by molar-refractivity contribution is 5.84. The summed E-state index contributed by atoms with van der Waals surface area (Å²) in [5.41, 5.74) is 7.67. The van der Waals surface area contributed by atoms with E-state index in [1.54, 1.807) is 12.1 Å². The standard InChI is InChI=1S/C27H18FN/c28-26-15-13-22(14-16-26)21-7-5-19(6-8-21)20-9-11-23(12-10-20)25-17-24-3-1-2-4-27(24)29-18-25/h1-18H. The van der Waals surface area contributed by atoms with E-state index in [1.165, 1.54) is 12.1 Å². The SMILES string of the molecule is Fc1ccc(-c2ccc(-c3ccc(-c4cnc5ccccc5c4)cc3)cc2)cc1. The lowest BCUT2D eigenvalue weighted by molar-refractivity contribution is 0.628. The van der Waals surface area contributed by atoms with Crippen LogP contribution in [0, 0.1) is 5.82 Å². The fourth-order valence-electron chi connectivity index (χ4n) is 3.58. The third-order valence-electron chi connectivity index (χ3n) is 5.20. The maximum absolute atomic E-state index is 13.1. The normalized spacial score (nSPS) is 10.9. The Labute approximate surface area is 169 Å². The van der Waals surface area contributed by atoms with Gasteiger partial charge in [0.05, 0.1) is 5.52 Å². The van der Waals surface area contributed by atoms with E-state index < -0.39 is 0 Å². The first kappa shape index (κ1) is 17.3. The highest BCUT2D eigenvalue weighted by Gasteiger charge is 2.04. The molecule has 0 saturated carbocycles. The van der Waals surface area contributed by atoms with Gasteiger partial charge in [0.1, 0.15) is 5.82 Å². The third-order valence-corrected chi connectivity index (χ3v) is 5.20. The van der Waals surface area contributed by atoms with Gasteiger partial charge in [-0.15, -0.1) is 0 Å².